The Morgan fingerprint density at radius 3 is 2.57 bits per heavy atom. The molecular formula is C22H18FN3O2. The number of pyridine rings is 1. The molecule has 28 heavy (non-hydrogen) atoms. The average Bonchev–Trinajstić information content (AvgIpc) is 2.72. The van der Waals surface area contributed by atoms with Crippen molar-refractivity contribution in [1.29, 1.82) is 0 Å². The van der Waals surface area contributed by atoms with Crippen molar-refractivity contribution >= 4 is 23.6 Å². The van der Waals surface area contributed by atoms with Crippen molar-refractivity contribution in [3.8, 4) is 0 Å². The number of anilines is 1. The van der Waals surface area contributed by atoms with Gasteiger partial charge in [-0.3, -0.25) is 14.6 Å². The third-order valence-corrected chi connectivity index (χ3v) is 3.88. The summed E-state index contributed by atoms with van der Waals surface area (Å²) >= 11 is 0. The highest BCUT2D eigenvalue weighted by Gasteiger charge is 2.05. The topological polar surface area (TPSA) is 71.1 Å². The standard InChI is InChI=1S/C22H18FN3O2/c23-19-5-1-3-16(13-19)8-11-21(27)25-14-17-6-9-20(10-7-17)26-22(28)18-4-2-12-24-15-18/h1-13,15H,14H2,(H,25,27)(H,26,28)/b11-8+. The Hall–Kier alpha value is -3.80. The van der Waals surface area contributed by atoms with Gasteiger partial charge < -0.3 is 10.6 Å². The Balaban J connectivity index is 1.50. The van der Waals surface area contributed by atoms with E-state index in [1.54, 1.807) is 48.7 Å². The van der Waals surface area contributed by atoms with E-state index in [4.69, 9.17) is 0 Å². The second-order valence-corrected chi connectivity index (χ2v) is 6.00. The van der Waals surface area contributed by atoms with Crippen molar-refractivity contribution in [3.63, 3.8) is 0 Å². The van der Waals surface area contributed by atoms with Gasteiger partial charge in [0, 0.05) is 30.7 Å². The lowest BCUT2D eigenvalue weighted by molar-refractivity contribution is -0.116. The predicted molar refractivity (Wildman–Crippen MR) is 106 cm³/mol. The molecule has 140 valence electrons. The van der Waals surface area contributed by atoms with Crippen LogP contribution >= 0.6 is 0 Å². The molecule has 6 heteroatoms. The molecule has 1 heterocycles. The molecular weight excluding hydrogens is 357 g/mol. The number of nitrogens with one attached hydrogen (secondary N) is 2. The quantitative estimate of drug-likeness (QED) is 0.644. The largest absolute Gasteiger partial charge is 0.348 e. The van der Waals surface area contributed by atoms with Crippen LogP contribution in [-0.2, 0) is 11.3 Å². The molecule has 2 amide bonds. The third kappa shape index (κ3) is 5.60. The zero-order valence-electron chi connectivity index (χ0n) is 14.9. The Labute approximate surface area is 161 Å². The number of carbonyl (C=O) groups excluding carboxylic acids is 2. The molecule has 0 atom stereocenters. The summed E-state index contributed by atoms with van der Waals surface area (Å²) in [6, 6.07) is 16.5. The van der Waals surface area contributed by atoms with E-state index in [1.165, 1.54) is 24.4 Å². The zero-order chi connectivity index (χ0) is 19.8. The van der Waals surface area contributed by atoms with Crippen LogP contribution in [0.2, 0.25) is 0 Å². The summed E-state index contributed by atoms with van der Waals surface area (Å²) in [5, 5.41) is 5.54. The van der Waals surface area contributed by atoms with Crippen LogP contribution in [0.25, 0.3) is 6.08 Å². The second-order valence-electron chi connectivity index (χ2n) is 6.00. The fraction of sp³-hybridized carbons (Fsp3) is 0.0455. The molecule has 0 aliphatic rings. The Kier molecular flexibility index (Phi) is 6.25. The molecule has 0 saturated carbocycles. The number of halogens is 1. The number of benzene rings is 2. The predicted octanol–water partition coefficient (Wildman–Crippen LogP) is 3.80. The number of amides is 2. The lowest BCUT2D eigenvalue weighted by atomic mass is 10.2. The minimum Gasteiger partial charge on any atom is -0.348 e. The maximum atomic E-state index is 13.1. The van der Waals surface area contributed by atoms with Gasteiger partial charge in [-0.05, 0) is 53.6 Å². The zero-order valence-corrected chi connectivity index (χ0v) is 14.9. The van der Waals surface area contributed by atoms with Gasteiger partial charge in [0.25, 0.3) is 5.91 Å². The van der Waals surface area contributed by atoms with Gasteiger partial charge in [-0.25, -0.2) is 4.39 Å². The van der Waals surface area contributed by atoms with Gasteiger partial charge in [-0.15, -0.1) is 0 Å². The molecule has 0 radical (unpaired) electrons. The van der Waals surface area contributed by atoms with Crippen molar-refractivity contribution in [1.82, 2.24) is 10.3 Å². The number of carbonyl (C=O) groups is 2. The Morgan fingerprint density at radius 1 is 1.04 bits per heavy atom. The van der Waals surface area contributed by atoms with Crippen molar-refractivity contribution in [2.24, 2.45) is 0 Å². The molecule has 0 aliphatic heterocycles. The first-order valence-corrected chi connectivity index (χ1v) is 8.62. The molecule has 0 unspecified atom stereocenters. The first kappa shape index (κ1) is 19.0. The number of rotatable bonds is 6. The van der Waals surface area contributed by atoms with Gasteiger partial charge in [0.2, 0.25) is 5.91 Å². The summed E-state index contributed by atoms with van der Waals surface area (Å²) in [5.74, 6) is -0.867. The molecule has 0 saturated heterocycles. The maximum Gasteiger partial charge on any atom is 0.257 e. The molecule has 0 aliphatic carbocycles. The van der Waals surface area contributed by atoms with Crippen molar-refractivity contribution in [2.75, 3.05) is 5.32 Å². The Bertz CT molecular complexity index is 986. The highest BCUT2D eigenvalue weighted by Crippen LogP contribution is 2.11. The minimum atomic E-state index is -0.349. The molecule has 1 aromatic heterocycles. The fourth-order valence-corrected chi connectivity index (χ4v) is 2.44. The third-order valence-electron chi connectivity index (χ3n) is 3.88. The molecule has 5 nitrogen and oxygen atoms in total. The summed E-state index contributed by atoms with van der Waals surface area (Å²) in [4.78, 5) is 27.9. The van der Waals surface area contributed by atoms with E-state index in [0.29, 0.717) is 23.4 Å². The summed E-state index contributed by atoms with van der Waals surface area (Å²) < 4.78 is 13.1. The Morgan fingerprint density at radius 2 is 1.86 bits per heavy atom. The first-order chi connectivity index (χ1) is 13.6. The normalized spacial score (nSPS) is 10.6. The lowest BCUT2D eigenvalue weighted by Crippen LogP contribution is -2.20. The van der Waals surface area contributed by atoms with Crippen LogP contribution in [0.4, 0.5) is 10.1 Å². The minimum absolute atomic E-state index is 0.239. The van der Waals surface area contributed by atoms with E-state index in [1.807, 2.05) is 12.1 Å². The lowest BCUT2D eigenvalue weighted by Gasteiger charge is -2.07. The van der Waals surface area contributed by atoms with Crippen molar-refractivity contribution in [2.45, 2.75) is 6.54 Å². The number of hydrogen-bond donors (Lipinski definition) is 2. The maximum absolute atomic E-state index is 13.1. The SMILES string of the molecule is O=C(/C=C/c1cccc(F)c1)NCc1ccc(NC(=O)c2cccnc2)cc1. The molecule has 2 aromatic carbocycles. The number of aromatic nitrogens is 1. The van der Waals surface area contributed by atoms with Crippen LogP contribution in [0, 0.1) is 5.82 Å². The molecule has 2 N–H and O–H groups in total. The highest BCUT2D eigenvalue weighted by atomic mass is 19.1. The van der Waals surface area contributed by atoms with Crippen LogP contribution < -0.4 is 10.6 Å². The highest BCUT2D eigenvalue weighted by molar-refractivity contribution is 6.04. The van der Waals surface area contributed by atoms with Crippen LogP contribution in [0.5, 0.6) is 0 Å². The summed E-state index contributed by atoms with van der Waals surface area (Å²) in [6.45, 7) is 0.336. The van der Waals surface area contributed by atoms with E-state index < -0.39 is 0 Å². The van der Waals surface area contributed by atoms with Gasteiger partial charge >= 0.3 is 0 Å². The van der Waals surface area contributed by atoms with E-state index in [-0.39, 0.29) is 17.6 Å². The summed E-state index contributed by atoms with van der Waals surface area (Å²) in [7, 11) is 0. The van der Waals surface area contributed by atoms with Gasteiger partial charge in [0.1, 0.15) is 5.82 Å². The van der Waals surface area contributed by atoms with Crippen molar-refractivity contribution in [3.05, 3.63) is 102 Å². The fourth-order valence-electron chi connectivity index (χ4n) is 2.44. The average molecular weight is 375 g/mol. The monoisotopic (exact) mass is 375 g/mol. The first-order valence-electron chi connectivity index (χ1n) is 8.62. The molecule has 3 rings (SSSR count). The molecule has 0 bridgehead atoms. The molecule has 0 fully saturated rings. The van der Waals surface area contributed by atoms with Crippen molar-refractivity contribution < 1.29 is 14.0 Å². The van der Waals surface area contributed by atoms with E-state index >= 15 is 0 Å². The summed E-state index contributed by atoms with van der Waals surface area (Å²) in [6.07, 6.45) is 6.01. The van der Waals surface area contributed by atoms with Gasteiger partial charge in [0.05, 0.1) is 5.56 Å². The van der Waals surface area contributed by atoms with Gasteiger partial charge in [-0.2, -0.15) is 0 Å². The summed E-state index contributed by atoms with van der Waals surface area (Å²) in [5.41, 5.74) is 2.62. The van der Waals surface area contributed by atoms with E-state index in [0.717, 1.165) is 5.56 Å². The molecule has 0 spiro atoms. The second kappa shape index (κ2) is 9.23. The number of nitrogens with zero attached hydrogens (tertiary/aromatic N) is 1. The van der Waals surface area contributed by atoms with Gasteiger partial charge in [0.15, 0.2) is 0 Å². The van der Waals surface area contributed by atoms with E-state index in [2.05, 4.69) is 15.6 Å². The van der Waals surface area contributed by atoms with Crippen LogP contribution in [0.15, 0.2) is 79.1 Å². The van der Waals surface area contributed by atoms with Crippen LogP contribution in [0.1, 0.15) is 21.5 Å². The molecule has 3 aromatic rings. The van der Waals surface area contributed by atoms with Crippen LogP contribution in [-0.4, -0.2) is 16.8 Å². The van der Waals surface area contributed by atoms with E-state index in [9.17, 15) is 14.0 Å². The smallest absolute Gasteiger partial charge is 0.257 e. The van der Waals surface area contributed by atoms with Crippen LogP contribution in [0.3, 0.4) is 0 Å². The van der Waals surface area contributed by atoms with Gasteiger partial charge in [-0.1, -0.05) is 24.3 Å². The number of hydrogen-bond acceptors (Lipinski definition) is 3.